The highest BCUT2D eigenvalue weighted by Gasteiger charge is 2.20. The monoisotopic (exact) mass is 685 g/mol. The van der Waals surface area contributed by atoms with Crippen molar-refractivity contribution in [1.29, 1.82) is 0 Å². The van der Waals surface area contributed by atoms with Gasteiger partial charge in [0.15, 0.2) is 11.7 Å². The Morgan fingerprint density at radius 3 is 1.98 bits per heavy atom. The van der Waals surface area contributed by atoms with Crippen molar-refractivity contribution in [2.24, 2.45) is 15.0 Å². The van der Waals surface area contributed by atoms with Gasteiger partial charge in [0.1, 0.15) is 11.5 Å². The molecule has 0 atom stereocenters. The summed E-state index contributed by atoms with van der Waals surface area (Å²) in [7, 11) is 0. The van der Waals surface area contributed by atoms with Crippen LogP contribution in [0.5, 0.6) is 5.75 Å². The lowest BCUT2D eigenvalue weighted by Crippen LogP contribution is -2.13. The standard InChI is InChI=1S/C49H39N3O/c1-34-42(49(50-2)52-48(51-33-35-14-5-3-6-15-35)39-26-24-37(25-27-39)36-16-7-4-8-17-36)22-13-23-47(34)53-41-30-28-38(29-31-41)46-32-40-18-9-10-19-43(40)44-20-11-12-21-45(44)46/h3-12,14-22,24-32H,2,13,23,33H2,1H3/b51-48-,52-49-. The molecule has 7 aromatic carbocycles. The highest BCUT2D eigenvalue weighted by Crippen LogP contribution is 2.36. The molecule has 7 aromatic rings. The molecule has 0 heterocycles. The van der Waals surface area contributed by atoms with Crippen LogP contribution in [0.4, 0.5) is 0 Å². The highest BCUT2D eigenvalue weighted by molar-refractivity contribution is 6.15. The Hall–Kier alpha value is -6.65. The maximum Gasteiger partial charge on any atom is 0.161 e. The SMILES string of the molecule is C=N/C(=N\C(=N/Cc1ccccc1)c1ccc(-c2ccccc2)cc1)C1=CCCC(Oc2ccc(-c3cc4ccccc4c4ccccc34)cc2)=C1C. The third-order valence-electron chi connectivity index (χ3n) is 9.82. The van der Waals surface area contributed by atoms with Gasteiger partial charge in [-0.05, 0) is 93.2 Å². The van der Waals surface area contributed by atoms with Crippen molar-refractivity contribution in [2.75, 3.05) is 0 Å². The van der Waals surface area contributed by atoms with E-state index in [0.29, 0.717) is 18.2 Å². The minimum Gasteiger partial charge on any atom is -0.461 e. The zero-order chi connectivity index (χ0) is 36.0. The van der Waals surface area contributed by atoms with Crippen LogP contribution in [0.25, 0.3) is 43.8 Å². The minimum absolute atomic E-state index is 0.498. The van der Waals surface area contributed by atoms with E-state index in [1.54, 1.807) is 0 Å². The fourth-order valence-electron chi connectivity index (χ4n) is 7.03. The van der Waals surface area contributed by atoms with Crippen LogP contribution in [-0.4, -0.2) is 18.4 Å². The number of hydrogen-bond donors (Lipinski definition) is 0. The van der Waals surface area contributed by atoms with Crippen molar-refractivity contribution in [2.45, 2.75) is 26.3 Å². The zero-order valence-electron chi connectivity index (χ0n) is 29.7. The Balaban J connectivity index is 1.08. The number of aliphatic imine (C=N–C) groups is 3. The van der Waals surface area contributed by atoms with E-state index >= 15 is 0 Å². The van der Waals surface area contributed by atoms with Gasteiger partial charge >= 0.3 is 0 Å². The van der Waals surface area contributed by atoms with E-state index in [-0.39, 0.29) is 0 Å². The topological polar surface area (TPSA) is 46.3 Å². The van der Waals surface area contributed by atoms with E-state index in [2.05, 4.69) is 164 Å². The number of benzene rings is 7. The molecule has 0 saturated carbocycles. The molecular formula is C49H39N3O. The molecule has 8 rings (SSSR count). The number of nitrogens with zero attached hydrogens (tertiary/aromatic N) is 3. The molecule has 1 aliphatic rings. The van der Waals surface area contributed by atoms with Crippen LogP contribution in [-0.2, 0) is 6.54 Å². The molecule has 0 fully saturated rings. The smallest absolute Gasteiger partial charge is 0.161 e. The van der Waals surface area contributed by atoms with Gasteiger partial charge in [-0.15, -0.1) is 0 Å². The van der Waals surface area contributed by atoms with Crippen LogP contribution in [0.2, 0.25) is 0 Å². The summed E-state index contributed by atoms with van der Waals surface area (Å²) in [6.07, 6.45) is 3.77. The molecule has 0 unspecified atom stereocenters. The van der Waals surface area contributed by atoms with Crippen LogP contribution >= 0.6 is 0 Å². The van der Waals surface area contributed by atoms with Crippen molar-refractivity contribution in [1.82, 2.24) is 0 Å². The second-order valence-corrected chi connectivity index (χ2v) is 13.2. The molecule has 4 heteroatoms. The normalized spacial score (nSPS) is 13.6. The number of fused-ring (bicyclic) bond motifs is 3. The van der Waals surface area contributed by atoms with Gasteiger partial charge in [0.2, 0.25) is 0 Å². The fourth-order valence-corrected chi connectivity index (χ4v) is 7.03. The van der Waals surface area contributed by atoms with E-state index in [4.69, 9.17) is 14.7 Å². The summed E-state index contributed by atoms with van der Waals surface area (Å²) in [6.45, 7) is 6.51. The average molecular weight is 686 g/mol. The van der Waals surface area contributed by atoms with E-state index in [1.165, 1.54) is 27.1 Å². The first-order valence-corrected chi connectivity index (χ1v) is 18.0. The Bertz CT molecular complexity index is 2540. The van der Waals surface area contributed by atoms with Crippen LogP contribution < -0.4 is 4.74 Å². The summed E-state index contributed by atoms with van der Waals surface area (Å²) in [4.78, 5) is 14.5. The predicted octanol–water partition coefficient (Wildman–Crippen LogP) is 12.4. The number of amidine groups is 2. The van der Waals surface area contributed by atoms with E-state index in [1.807, 2.05) is 24.3 Å². The van der Waals surface area contributed by atoms with Gasteiger partial charge in [0, 0.05) is 17.6 Å². The van der Waals surface area contributed by atoms with Crippen molar-refractivity contribution in [3.8, 4) is 28.0 Å². The zero-order valence-corrected chi connectivity index (χ0v) is 29.7. The Labute approximate surface area is 310 Å². The van der Waals surface area contributed by atoms with Crippen LogP contribution in [0.3, 0.4) is 0 Å². The lowest BCUT2D eigenvalue weighted by atomic mass is 9.93. The van der Waals surface area contributed by atoms with Crippen molar-refractivity contribution < 1.29 is 4.74 Å². The minimum atomic E-state index is 0.498. The first kappa shape index (κ1) is 33.5. The molecule has 0 aromatic heterocycles. The van der Waals surface area contributed by atoms with E-state index < -0.39 is 0 Å². The first-order valence-electron chi connectivity index (χ1n) is 18.0. The Morgan fingerprint density at radius 1 is 0.623 bits per heavy atom. The van der Waals surface area contributed by atoms with Gasteiger partial charge in [-0.1, -0.05) is 152 Å². The maximum atomic E-state index is 6.58. The summed E-state index contributed by atoms with van der Waals surface area (Å²) in [6, 6.07) is 56.9. The molecule has 0 N–H and O–H groups in total. The largest absolute Gasteiger partial charge is 0.461 e. The molecule has 0 amide bonds. The quantitative estimate of drug-likeness (QED) is 0.0892. The van der Waals surface area contributed by atoms with E-state index in [9.17, 15) is 0 Å². The molecule has 0 aliphatic heterocycles. The van der Waals surface area contributed by atoms with Crippen molar-refractivity contribution in [3.05, 3.63) is 198 Å². The lowest BCUT2D eigenvalue weighted by Gasteiger charge is -2.20. The van der Waals surface area contributed by atoms with Gasteiger partial charge in [0.25, 0.3) is 0 Å². The maximum absolute atomic E-state index is 6.58. The molecule has 53 heavy (non-hydrogen) atoms. The Kier molecular flexibility index (Phi) is 9.67. The third kappa shape index (κ3) is 7.26. The molecule has 0 saturated heterocycles. The summed E-state index contributed by atoms with van der Waals surface area (Å²) in [5.41, 5.74) is 8.59. The van der Waals surface area contributed by atoms with Gasteiger partial charge < -0.3 is 4.74 Å². The molecule has 4 nitrogen and oxygen atoms in total. The first-order chi connectivity index (χ1) is 26.1. The van der Waals surface area contributed by atoms with Gasteiger partial charge in [0.05, 0.1) is 6.54 Å². The molecule has 256 valence electrons. The number of ether oxygens (including phenoxy) is 1. The second kappa shape index (κ2) is 15.3. The van der Waals surface area contributed by atoms with Gasteiger partial charge in [-0.2, -0.15) is 0 Å². The highest BCUT2D eigenvalue weighted by atomic mass is 16.5. The van der Waals surface area contributed by atoms with Gasteiger partial charge in [-0.25, -0.2) is 9.98 Å². The summed E-state index contributed by atoms with van der Waals surface area (Å²) < 4.78 is 6.58. The number of allylic oxidation sites excluding steroid dienone is 2. The van der Waals surface area contributed by atoms with Crippen LogP contribution in [0, 0.1) is 0 Å². The summed E-state index contributed by atoms with van der Waals surface area (Å²) >= 11 is 0. The third-order valence-corrected chi connectivity index (χ3v) is 9.82. The summed E-state index contributed by atoms with van der Waals surface area (Å²) in [5.74, 6) is 2.83. The summed E-state index contributed by atoms with van der Waals surface area (Å²) in [5, 5.41) is 4.99. The van der Waals surface area contributed by atoms with E-state index in [0.717, 1.165) is 63.3 Å². The Morgan fingerprint density at radius 2 is 1.25 bits per heavy atom. The molecular weight excluding hydrogens is 647 g/mol. The van der Waals surface area contributed by atoms with Gasteiger partial charge in [-0.3, -0.25) is 4.99 Å². The average Bonchev–Trinajstić information content (AvgIpc) is 3.23. The molecule has 0 spiro atoms. The van der Waals surface area contributed by atoms with Crippen LogP contribution in [0.15, 0.2) is 202 Å². The van der Waals surface area contributed by atoms with Crippen molar-refractivity contribution in [3.63, 3.8) is 0 Å². The second-order valence-electron chi connectivity index (χ2n) is 13.2. The van der Waals surface area contributed by atoms with Crippen molar-refractivity contribution >= 4 is 39.9 Å². The van der Waals surface area contributed by atoms with Crippen LogP contribution in [0.1, 0.15) is 30.9 Å². The molecule has 0 bridgehead atoms. The fraction of sp³-hybridized carbons (Fsp3) is 0.0816. The number of hydrogen-bond acceptors (Lipinski definition) is 2. The number of rotatable bonds is 8. The predicted molar refractivity (Wildman–Crippen MR) is 223 cm³/mol. The molecule has 1 aliphatic carbocycles. The molecule has 0 radical (unpaired) electrons. The lowest BCUT2D eigenvalue weighted by molar-refractivity contribution is 0.396.